The Balaban J connectivity index is 1.42. The van der Waals surface area contributed by atoms with E-state index in [1.54, 1.807) is 0 Å². The van der Waals surface area contributed by atoms with Gasteiger partial charge in [0.1, 0.15) is 17.3 Å². The quantitative estimate of drug-likeness (QED) is 0.554. The minimum atomic E-state index is -3.95. The standard InChI is InChI=1S/C25H32F2N4O4S/c1-3-10-29-13-15-30(16-14-29)25(32)20-8-11-31(12-9-20)36(33,34)24-18(2)28-35-23(24)7-5-19-4-6-21(26)17-22(19)27/h4-7,17,20H,3,8-16H2,1-2H3/b7-5+. The van der Waals surface area contributed by atoms with Crippen LogP contribution in [0.1, 0.15) is 43.2 Å². The largest absolute Gasteiger partial charge is 0.355 e. The highest BCUT2D eigenvalue weighted by atomic mass is 32.2. The Morgan fingerprint density at radius 1 is 1.11 bits per heavy atom. The van der Waals surface area contributed by atoms with Crippen LogP contribution in [0.5, 0.6) is 0 Å². The molecule has 0 unspecified atom stereocenters. The van der Waals surface area contributed by atoms with E-state index in [4.69, 9.17) is 4.52 Å². The van der Waals surface area contributed by atoms with Gasteiger partial charge in [-0.2, -0.15) is 4.31 Å². The average molecular weight is 523 g/mol. The number of sulfonamides is 1. The van der Waals surface area contributed by atoms with Crippen LogP contribution in [-0.4, -0.2) is 79.4 Å². The van der Waals surface area contributed by atoms with E-state index in [0.29, 0.717) is 25.9 Å². The van der Waals surface area contributed by atoms with Gasteiger partial charge in [0.2, 0.25) is 15.9 Å². The van der Waals surface area contributed by atoms with E-state index in [-0.39, 0.29) is 46.8 Å². The van der Waals surface area contributed by atoms with Crippen LogP contribution in [0, 0.1) is 24.5 Å². The summed E-state index contributed by atoms with van der Waals surface area (Å²) in [7, 11) is -3.95. The van der Waals surface area contributed by atoms with E-state index >= 15 is 0 Å². The molecule has 1 aromatic heterocycles. The predicted molar refractivity (Wildman–Crippen MR) is 131 cm³/mol. The summed E-state index contributed by atoms with van der Waals surface area (Å²) in [5.41, 5.74) is 0.279. The molecule has 0 atom stereocenters. The summed E-state index contributed by atoms with van der Waals surface area (Å²) in [5, 5.41) is 3.80. The molecule has 0 spiro atoms. The first-order chi connectivity index (χ1) is 17.2. The molecule has 11 heteroatoms. The molecule has 0 N–H and O–H groups in total. The molecular formula is C25H32F2N4O4S. The van der Waals surface area contributed by atoms with Gasteiger partial charge in [-0.1, -0.05) is 12.1 Å². The number of halogens is 2. The van der Waals surface area contributed by atoms with Crippen molar-refractivity contribution in [3.63, 3.8) is 0 Å². The van der Waals surface area contributed by atoms with E-state index in [2.05, 4.69) is 17.0 Å². The molecule has 0 radical (unpaired) electrons. The van der Waals surface area contributed by atoms with E-state index < -0.39 is 21.7 Å². The van der Waals surface area contributed by atoms with Crippen molar-refractivity contribution in [3.05, 3.63) is 46.9 Å². The second kappa shape index (κ2) is 11.2. The number of amides is 1. The minimum absolute atomic E-state index is 0.0284. The molecule has 3 heterocycles. The molecule has 0 saturated carbocycles. The van der Waals surface area contributed by atoms with E-state index in [1.165, 1.54) is 29.4 Å². The molecule has 2 aliphatic rings. The number of piperazine rings is 1. The highest BCUT2D eigenvalue weighted by molar-refractivity contribution is 7.89. The minimum Gasteiger partial charge on any atom is -0.355 e. The molecule has 36 heavy (non-hydrogen) atoms. The molecule has 0 aliphatic carbocycles. The van der Waals surface area contributed by atoms with Crippen LogP contribution < -0.4 is 0 Å². The summed E-state index contributed by atoms with van der Waals surface area (Å²) in [5.74, 6) is -1.60. The molecular weight excluding hydrogens is 490 g/mol. The van der Waals surface area contributed by atoms with Crippen molar-refractivity contribution in [2.45, 2.75) is 38.0 Å². The number of hydrogen-bond acceptors (Lipinski definition) is 6. The number of aryl methyl sites for hydroxylation is 1. The third kappa shape index (κ3) is 5.68. The second-order valence-electron chi connectivity index (χ2n) is 9.31. The summed E-state index contributed by atoms with van der Waals surface area (Å²) < 4.78 is 60.6. The van der Waals surface area contributed by atoms with Gasteiger partial charge in [0, 0.05) is 56.8 Å². The van der Waals surface area contributed by atoms with Crippen LogP contribution >= 0.6 is 0 Å². The third-order valence-electron chi connectivity index (χ3n) is 6.83. The zero-order valence-corrected chi connectivity index (χ0v) is 21.4. The molecule has 2 aromatic rings. The first kappa shape index (κ1) is 26.4. The van der Waals surface area contributed by atoms with Crippen molar-refractivity contribution in [1.82, 2.24) is 19.3 Å². The maximum atomic E-state index is 14.0. The van der Waals surface area contributed by atoms with Gasteiger partial charge < -0.3 is 9.42 Å². The fraction of sp³-hybridized carbons (Fsp3) is 0.520. The molecule has 1 amide bonds. The van der Waals surface area contributed by atoms with Crippen LogP contribution in [0.2, 0.25) is 0 Å². The fourth-order valence-corrected chi connectivity index (χ4v) is 6.56. The third-order valence-corrected chi connectivity index (χ3v) is 8.89. The number of benzene rings is 1. The van der Waals surface area contributed by atoms with E-state index in [1.807, 2.05) is 4.90 Å². The number of aromatic nitrogens is 1. The summed E-state index contributed by atoms with van der Waals surface area (Å²) >= 11 is 0. The topological polar surface area (TPSA) is 87.0 Å². The first-order valence-corrected chi connectivity index (χ1v) is 13.8. The molecule has 0 bridgehead atoms. The lowest BCUT2D eigenvalue weighted by Gasteiger charge is -2.38. The predicted octanol–water partition coefficient (Wildman–Crippen LogP) is 3.39. The van der Waals surface area contributed by atoms with Crippen LogP contribution in [0.15, 0.2) is 27.6 Å². The Bertz CT molecular complexity index is 1210. The van der Waals surface area contributed by atoms with Crippen LogP contribution in [0.4, 0.5) is 8.78 Å². The number of piperidine rings is 1. The van der Waals surface area contributed by atoms with Crippen molar-refractivity contribution < 1.29 is 26.5 Å². The van der Waals surface area contributed by atoms with Gasteiger partial charge in [-0.3, -0.25) is 9.69 Å². The molecule has 4 rings (SSSR count). The maximum absolute atomic E-state index is 14.0. The van der Waals surface area contributed by atoms with Crippen LogP contribution in [0.25, 0.3) is 12.2 Å². The summed E-state index contributed by atoms with van der Waals surface area (Å²) in [4.78, 5) is 17.2. The Morgan fingerprint density at radius 3 is 2.44 bits per heavy atom. The summed E-state index contributed by atoms with van der Waals surface area (Å²) in [6, 6.07) is 3.12. The van der Waals surface area contributed by atoms with Crippen molar-refractivity contribution in [2.24, 2.45) is 5.92 Å². The maximum Gasteiger partial charge on any atom is 0.248 e. The number of nitrogens with zero attached hydrogens (tertiary/aromatic N) is 4. The number of carbonyl (C=O) groups excluding carboxylic acids is 1. The molecule has 2 aliphatic heterocycles. The lowest BCUT2D eigenvalue weighted by molar-refractivity contribution is -0.138. The second-order valence-corrected chi connectivity index (χ2v) is 11.2. The Labute approximate surface area is 210 Å². The van der Waals surface area contributed by atoms with Gasteiger partial charge in [-0.15, -0.1) is 0 Å². The highest BCUT2D eigenvalue weighted by Crippen LogP contribution is 2.30. The van der Waals surface area contributed by atoms with Gasteiger partial charge in [0.25, 0.3) is 0 Å². The van der Waals surface area contributed by atoms with Gasteiger partial charge >= 0.3 is 0 Å². The number of rotatable bonds is 7. The molecule has 196 valence electrons. The highest BCUT2D eigenvalue weighted by Gasteiger charge is 2.37. The molecule has 1 aromatic carbocycles. The van der Waals surface area contributed by atoms with Gasteiger partial charge in [-0.25, -0.2) is 17.2 Å². The van der Waals surface area contributed by atoms with E-state index in [0.717, 1.165) is 38.2 Å². The fourth-order valence-electron chi connectivity index (χ4n) is 4.84. The number of hydrogen-bond donors (Lipinski definition) is 0. The SMILES string of the molecule is CCCN1CCN(C(=O)C2CCN(S(=O)(=O)c3c(C)noc3/C=C/c3ccc(F)cc3F)CC2)CC1. The van der Waals surface area contributed by atoms with Gasteiger partial charge in [0.05, 0.1) is 0 Å². The van der Waals surface area contributed by atoms with Crippen molar-refractivity contribution in [3.8, 4) is 0 Å². The van der Waals surface area contributed by atoms with Gasteiger partial charge in [0.15, 0.2) is 10.7 Å². The monoisotopic (exact) mass is 522 g/mol. The summed E-state index contributed by atoms with van der Waals surface area (Å²) in [6.45, 7) is 8.31. The molecule has 8 nitrogen and oxygen atoms in total. The van der Waals surface area contributed by atoms with Crippen molar-refractivity contribution in [1.29, 1.82) is 0 Å². The zero-order chi connectivity index (χ0) is 25.9. The zero-order valence-electron chi connectivity index (χ0n) is 20.6. The van der Waals surface area contributed by atoms with Crippen LogP contribution in [-0.2, 0) is 14.8 Å². The Morgan fingerprint density at radius 2 is 1.81 bits per heavy atom. The van der Waals surface area contributed by atoms with Gasteiger partial charge in [-0.05, 0) is 57.0 Å². The summed E-state index contributed by atoms with van der Waals surface area (Å²) in [6.07, 6.45) is 4.62. The first-order valence-electron chi connectivity index (χ1n) is 12.3. The van der Waals surface area contributed by atoms with Crippen LogP contribution in [0.3, 0.4) is 0 Å². The normalized spacial score (nSPS) is 18.8. The van der Waals surface area contributed by atoms with Crippen molar-refractivity contribution >= 4 is 28.1 Å². The van der Waals surface area contributed by atoms with Crippen molar-refractivity contribution in [2.75, 3.05) is 45.8 Å². The molecule has 2 fully saturated rings. The lowest BCUT2D eigenvalue weighted by atomic mass is 9.96. The average Bonchev–Trinajstić information content (AvgIpc) is 3.25. The lowest BCUT2D eigenvalue weighted by Crippen LogP contribution is -2.52. The van der Waals surface area contributed by atoms with E-state index in [9.17, 15) is 22.0 Å². The Hall–Kier alpha value is -2.63. The molecule has 2 saturated heterocycles. The Kier molecular flexibility index (Phi) is 8.21. The number of carbonyl (C=O) groups is 1. The smallest absolute Gasteiger partial charge is 0.248 e.